The van der Waals surface area contributed by atoms with E-state index in [1.54, 1.807) is 0 Å². The summed E-state index contributed by atoms with van der Waals surface area (Å²) in [5.74, 6) is 0. The molecular formula is C14H18BrNOSi. The summed E-state index contributed by atoms with van der Waals surface area (Å²) in [5.41, 5.74) is 1.60. The van der Waals surface area contributed by atoms with Crippen molar-refractivity contribution in [1.29, 1.82) is 0 Å². The smallest absolute Gasteiger partial charge is 0.347 e. The molecule has 0 saturated carbocycles. The van der Waals surface area contributed by atoms with Crippen molar-refractivity contribution in [3.63, 3.8) is 0 Å². The molecule has 0 aliphatic heterocycles. The topological polar surface area (TPSA) is 13.6 Å². The highest BCUT2D eigenvalue weighted by atomic mass is 79.9. The summed E-state index contributed by atoms with van der Waals surface area (Å²) < 4.78 is 7.33. The van der Waals surface area contributed by atoms with Gasteiger partial charge in [-0.2, -0.15) is 0 Å². The summed E-state index contributed by atoms with van der Waals surface area (Å²) in [6, 6.07) is 6.19. The predicted octanol–water partition coefficient (Wildman–Crippen LogP) is 4.71. The second-order valence-corrected chi connectivity index (χ2v) is 11.1. The monoisotopic (exact) mass is 323 g/mol. The molecule has 1 aliphatic rings. The molecular weight excluding hydrogens is 306 g/mol. The van der Waals surface area contributed by atoms with Gasteiger partial charge in [0.25, 0.3) is 0 Å². The standard InChI is InChI=1S/C14H18BrNOSi/c1-16-14(17-18(2,3)4)9-5-6-11-10-12(15)7-8-13(11)14/h7-8,10H,5-6,9H2,2-4H3. The van der Waals surface area contributed by atoms with Crippen molar-refractivity contribution in [3.8, 4) is 0 Å². The van der Waals surface area contributed by atoms with E-state index in [2.05, 4.69) is 52.5 Å². The van der Waals surface area contributed by atoms with Crippen molar-refractivity contribution in [2.24, 2.45) is 0 Å². The molecule has 1 atom stereocenters. The van der Waals surface area contributed by atoms with Crippen LogP contribution in [0.3, 0.4) is 0 Å². The molecule has 1 aromatic rings. The lowest BCUT2D eigenvalue weighted by Crippen LogP contribution is -2.40. The molecule has 0 saturated heterocycles. The van der Waals surface area contributed by atoms with Crippen molar-refractivity contribution in [2.75, 3.05) is 0 Å². The fourth-order valence-electron chi connectivity index (χ4n) is 2.55. The van der Waals surface area contributed by atoms with E-state index < -0.39 is 14.0 Å². The van der Waals surface area contributed by atoms with Gasteiger partial charge in [0.1, 0.15) is 0 Å². The lowest BCUT2D eigenvalue weighted by Gasteiger charge is -2.33. The molecule has 0 radical (unpaired) electrons. The molecule has 0 spiro atoms. The van der Waals surface area contributed by atoms with Crippen LogP contribution in [0.1, 0.15) is 24.0 Å². The fourth-order valence-corrected chi connectivity index (χ4v) is 4.23. The number of rotatable bonds is 2. The SMILES string of the molecule is [C-]#[N+]C1(O[Si](C)(C)C)CCCc2cc(Br)ccc21. The van der Waals surface area contributed by atoms with Gasteiger partial charge >= 0.3 is 5.72 Å². The summed E-state index contributed by atoms with van der Waals surface area (Å²) in [5, 5.41) is 0. The average molecular weight is 324 g/mol. The van der Waals surface area contributed by atoms with E-state index in [0.717, 1.165) is 29.3 Å². The van der Waals surface area contributed by atoms with Gasteiger partial charge in [-0.25, -0.2) is 6.57 Å². The molecule has 1 unspecified atom stereocenters. The molecule has 96 valence electrons. The van der Waals surface area contributed by atoms with Crippen LogP contribution >= 0.6 is 15.9 Å². The van der Waals surface area contributed by atoms with Gasteiger partial charge < -0.3 is 4.43 Å². The van der Waals surface area contributed by atoms with E-state index in [0.29, 0.717) is 0 Å². The third-order valence-electron chi connectivity index (χ3n) is 3.11. The number of nitrogens with zero attached hydrogens (tertiary/aromatic N) is 1. The van der Waals surface area contributed by atoms with Gasteiger partial charge in [-0.3, -0.25) is 4.85 Å². The zero-order chi connectivity index (χ0) is 13.4. The molecule has 2 rings (SSSR count). The summed E-state index contributed by atoms with van der Waals surface area (Å²) in [4.78, 5) is 3.88. The van der Waals surface area contributed by atoms with Crippen molar-refractivity contribution in [3.05, 3.63) is 45.2 Å². The van der Waals surface area contributed by atoms with E-state index in [4.69, 9.17) is 11.0 Å². The Morgan fingerprint density at radius 1 is 1.39 bits per heavy atom. The molecule has 0 bridgehead atoms. The average Bonchev–Trinajstić information content (AvgIpc) is 2.26. The van der Waals surface area contributed by atoms with Crippen LogP contribution in [0.4, 0.5) is 0 Å². The van der Waals surface area contributed by atoms with Gasteiger partial charge in [-0.15, -0.1) is 0 Å². The van der Waals surface area contributed by atoms with Crippen LogP contribution in [0.15, 0.2) is 22.7 Å². The van der Waals surface area contributed by atoms with E-state index in [1.807, 2.05) is 6.07 Å². The number of halogens is 1. The molecule has 0 amide bonds. The van der Waals surface area contributed by atoms with Gasteiger partial charge in [-0.05, 0) is 56.2 Å². The van der Waals surface area contributed by atoms with Crippen molar-refractivity contribution >= 4 is 24.2 Å². The lowest BCUT2D eigenvalue weighted by atomic mass is 9.85. The summed E-state index contributed by atoms with van der Waals surface area (Å²) in [7, 11) is -1.75. The third kappa shape index (κ3) is 2.69. The number of hydrogen-bond acceptors (Lipinski definition) is 1. The van der Waals surface area contributed by atoms with Crippen LogP contribution < -0.4 is 0 Å². The normalized spacial score (nSPS) is 23.3. The Kier molecular flexibility index (Phi) is 3.68. The zero-order valence-electron chi connectivity index (χ0n) is 11.1. The van der Waals surface area contributed by atoms with Crippen molar-refractivity contribution in [1.82, 2.24) is 0 Å². The van der Waals surface area contributed by atoms with Crippen LogP contribution in [0.25, 0.3) is 4.85 Å². The van der Waals surface area contributed by atoms with E-state index in [1.165, 1.54) is 5.56 Å². The lowest BCUT2D eigenvalue weighted by molar-refractivity contribution is 0.0875. The molecule has 2 nitrogen and oxygen atoms in total. The molecule has 4 heteroatoms. The molecule has 1 aliphatic carbocycles. The van der Waals surface area contributed by atoms with Crippen LogP contribution in [0.2, 0.25) is 19.6 Å². The summed E-state index contributed by atoms with van der Waals surface area (Å²) >= 11 is 3.50. The fraction of sp³-hybridized carbons (Fsp3) is 0.500. The van der Waals surface area contributed by atoms with Crippen molar-refractivity contribution in [2.45, 2.75) is 44.6 Å². The number of hydrogen-bond donors (Lipinski definition) is 0. The minimum atomic E-state index is -1.75. The van der Waals surface area contributed by atoms with Gasteiger partial charge in [0, 0.05) is 4.47 Å². The Morgan fingerprint density at radius 3 is 2.72 bits per heavy atom. The largest absolute Gasteiger partial charge is 0.355 e. The highest BCUT2D eigenvalue weighted by Gasteiger charge is 2.47. The third-order valence-corrected chi connectivity index (χ3v) is 4.55. The van der Waals surface area contributed by atoms with E-state index >= 15 is 0 Å². The van der Waals surface area contributed by atoms with Crippen molar-refractivity contribution < 1.29 is 4.43 Å². The second kappa shape index (κ2) is 4.80. The second-order valence-electron chi connectivity index (χ2n) is 5.77. The Bertz CT molecular complexity index is 503. The Balaban J connectivity index is 2.50. The van der Waals surface area contributed by atoms with Crippen LogP contribution in [0.5, 0.6) is 0 Å². The van der Waals surface area contributed by atoms with Gasteiger partial charge in [0.2, 0.25) is 0 Å². The van der Waals surface area contributed by atoms with Gasteiger partial charge in [0.05, 0.1) is 12.0 Å². The maximum absolute atomic E-state index is 7.62. The zero-order valence-corrected chi connectivity index (χ0v) is 13.7. The first-order chi connectivity index (χ1) is 8.36. The first-order valence-electron chi connectivity index (χ1n) is 6.24. The first kappa shape index (κ1) is 13.8. The molecule has 0 aromatic heterocycles. The highest BCUT2D eigenvalue weighted by molar-refractivity contribution is 9.10. The van der Waals surface area contributed by atoms with Crippen LogP contribution in [-0.2, 0) is 16.6 Å². The van der Waals surface area contributed by atoms with Crippen LogP contribution in [-0.4, -0.2) is 8.32 Å². The van der Waals surface area contributed by atoms with Crippen LogP contribution in [0, 0.1) is 6.57 Å². The number of fused-ring (bicyclic) bond motifs is 1. The maximum Gasteiger partial charge on any atom is 0.355 e. The Labute approximate surface area is 118 Å². The molecule has 0 fully saturated rings. The molecule has 1 aromatic carbocycles. The predicted molar refractivity (Wildman–Crippen MR) is 79.8 cm³/mol. The van der Waals surface area contributed by atoms with Gasteiger partial charge in [-0.1, -0.05) is 15.9 Å². The maximum atomic E-state index is 7.62. The first-order valence-corrected chi connectivity index (χ1v) is 10.4. The minimum absolute atomic E-state index is 0.737. The number of aryl methyl sites for hydroxylation is 1. The summed E-state index contributed by atoms with van der Waals surface area (Å²) in [6.45, 7) is 14.1. The van der Waals surface area contributed by atoms with E-state index in [9.17, 15) is 0 Å². The highest BCUT2D eigenvalue weighted by Crippen LogP contribution is 2.42. The molecule has 18 heavy (non-hydrogen) atoms. The minimum Gasteiger partial charge on any atom is -0.347 e. The molecule has 0 heterocycles. The van der Waals surface area contributed by atoms with E-state index in [-0.39, 0.29) is 0 Å². The number of benzene rings is 1. The Morgan fingerprint density at radius 2 is 2.11 bits per heavy atom. The summed E-state index contributed by atoms with van der Waals surface area (Å²) in [6.07, 6.45) is 2.88. The molecule has 0 N–H and O–H groups in total. The quantitative estimate of drug-likeness (QED) is 0.567. The Hall–Kier alpha value is -0.633. The van der Waals surface area contributed by atoms with Gasteiger partial charge in [0.15, 0.2) is 8.32 Å².